The Labute approximate surface area is 164 Å². The van der Waals surface area contributed by atoms with Gasteiger partial charge in [-0.05, 0) is 35.7 Å². The molecule has 0 fully saturated rings. The summed E-state index contributed by atoms with van der Waals surface area (Å²) in [6, 6.07) is 9.97. The molecule has 3 N–H and O–H groups in total. The number of benzene rings is 2. The number of nitrogens with one attached hydrogen (secondary N) is 1. The van der Waals surface area contributed by atoms with E-state index in [-0.39, 0.29) is 12.2 Å². The van der Waals surface area contributed by atoms with Crippen molar-refractivity contribution in [1.82, 2.24) is 4.90 Å². The molecular formula is C19H17ClF3N3O2. The molecule has 1 heterocycles. The Bertz CT molecular complexity index is 918. The fourth-order valence-corrected chi connectivity index (χ4v) is 3.45. The third kappa shape index (κ3) is 4.45. The second-order valence-electron chi connectivity index (χ2n) is 6.54. The number of carbonyl (C=O) groups is 2. The SMILES string of the molecule is NC(=O)[C@@H]1Cc2ccccc2CN1CC(=O)Nc1ccc(Cl)c(C(F)(F)F)c1. The van der Waals surface area contributed by atoms with Gasteiger partial charge < -0.3 is 11.1 Å². The average molecular weight is 412 g/mol. The molecule has 0 aromatic heterocycles. The van der Waals surface area contributed by atoms with Gasteiger partial charge in [-0.3, -0.25) is 14.5 Å². The molecule has 2 aromatic rings. The molecule has 1 aliphatic rings. The number of halogens is 4. The van der Waals surface area contributed by atoms with Crippen LogP contribution in [0.5, 0.6) is 0 Å². The number of carbonyl (C=O) groups excluding carboxylic acids is 2. The number of anilines is 1. The van der Waals surface area contributed by atoms with E-state index in [0.29, 0.717) is 13.0 Å². The summed E-state index contributed by atoms with van der Waals surface area (Å²) >= 11 is 5.58. The first-order chi connectivity index (χ1) is 13.1. The monoisotopic (exact) mass is 411 g/mol. The molecule has 0 saturated carbocycles. The van der Waals surface area contributed by atoms with Gasteiger partial charge in [0.1, 0.15) is 0 Å². The third-order valence-electron chi connectivity index (χ3n) is 4.58. The molecule has 2 aromatic carbocycles. The Morgan fingerprint density at radius 3 is 2.50 bits per heavy atom. The molecule has 2 amide bonds. The van der Waals surface area contributed by atoms with Gasteiger partial charge in [0.05, 0.1) is 23.2 Å². The summed E-state index contributed by atoms with van der Waals surface area (Å²) in [4.78, 5) is 25.8. The lowest BCUT2D eigenvalue weighted by Gasteiger charge is -2.34. The van der Waals surface area contributed by atoms with E-state index in [2.05, 4.69) is 5.32 Å². The zero-order chi connectivity index (χ0) is 20.5. The smallest absolute Gasteiger partial charge is 0.368 e. The third-order valence-corrected chi connectivity index (χ3v) is 4.91. The topological polar surface area (TPSA) is 75.4 Å². The summed E-state index contributed by atoms with van der Waals surface area (Å²) in [5.74, 6) is -1.12. The molecule has 0 radical (unpaired) electrons. The van der Waals surface area contributed by atoms with Gasteiger partial charge in [-0.2, -0.15) is 13.2 Å². The van der Waals surface area contributed by atoms with Crippen LogP contribution in [0.15, 0.2) is 42.5 Å². The Balaban J connectivity index is 1.74. The van der Waals surface area contributed by atoms with Crippen LogP contribution in [-0.4, -0.2) is 29.3 Å². The van der Waals surface area contributed by atoms with Gasteiger partial charge in [0.2, 0.25) is 11.8 Å². The van der Waals surface area contributed by atoms with Gasteiger partial charge in [-0.15, -0.1) is 0 Å². The molecule has 1 aliphatic heterocycles. The van der Waals surface area contributed by atoms with E-state index in [0.717, 1.165) is 23.3 Å². The fraction of sp³-hybridized carbons (Fsp3) is 0.263. The van der Waals surface area contributed by atoms with Crippen molar-refractivity contribution in [3.05, 3.63) is 64.2 Å². The van der Waals surface area contributed by atoms with Crippen molar-refractivity contribution in [3.8, 4) is 0 Å². The molecule has 148 valence electrons. The zero-order valence-corrected chi connectivity index (χ0v) is 15.3. The summed E-state index contributed by atoms with van der Waals surface area (Å²) in [6.45, 7) is 0.150. The van der Waals surface area contributed by atoms with Crippen LogP contribution in [0.2, 0.25) is 5.02 Å². The van der Waals surface area contributed by atoms with Gasteiger partial charge in [-0.25, -0.2) is 0 Å². The number of alkyl halides is 3. The summed E-state index contributed by atoms with van der Waals surface area (Å²) in [5, 5.41) is 1.97. The average Bonchev–Trinajstić information content (AvgIpc) is 2.61. The predicted molar refractivity (Wildman–Crippen MR) is 98.6 cm³/mol. The van der Waals surface area contributed by atoms with Crippen LogP contribution in [0.1, 0.15) is 16.7 Å². The van der Waals surface area contributed by atoms with E-state index in [9.17, 15) is 22.8 Å². The number of rotatable bonds is 4. The highest BCUT2D eigenvalue weighted by Crippen LogP contribution is 2.36. The summed E-state index contributed by atoms with van der Waals surface area (Å²) in [5.41, 5.74) is 6.36. The van der Waals surface area contributed by atoms with Crippen molar-refractivity contribution in [1.29, 1.82) is 0 Å². The molecule has 3 rings (SSSR count). The molecule has 28 heavy (non-hydrogen) atoms. The highest BCUT2D eigenvalue weighted by atomic mass is 35.5. The Morgan fingerprint density at radius 2 is 1.86 bits per heavy atom. The summed E-state index contributed by atoms with van der Waals surface area (Å²) in [6.07, 6.45) is -4.26. The summed E-state index contributed by atoms with van der Waals surface area (Å²) < 4.78 is 38.9. The highest BCUT2D eigenvalue weighted by molar-refractivity contribution is 6.31. The van der Waals surface area contributed by atoms with Crippen LogP contribution < -0.4 is 11.1 Å². The lowest BCUT2D eigenvalue weighted by atomic mass is 9.93. The van der Waals surface area contributed by atoms with Gasteiger partial charge in [0.15, 0.2) is 0 Å². The van der Waals surface area contributed by atoms with Crippen LogP contribution in [0.4, 0.5) is 18.9 Å². The standard InChI is InChI=1S/C19H17ClF3N3O2/c20-15-6-5-13(8-14(15)19(21,22)23)25-17(27)10-26-9-12-4-2-1-3-11(12)7-16(26)18(24)28/h1-6,8,16H,7,9-10H2,(H2,24,28)(H,25,27)/t16-/m0/s1. The van der Waals surface area contributed by atoms with Crippen molar-refractivity contribution in [2.75, 3.05) is 11.9 Å². The van der Waals surface area contributed by atoms with Crippen molar-refractivity contribution in [2.24, 2.45) is 5.73 Å². The van der Waals surface area contributed by atoms with Gasteiger partial charge in [0.25, 0.3) is 0 Å². The number of hydrogen-bond acceptors (Lipinski definition) is 3. The Morgan fingerprint density at radius 1 is 1.18 bits per heavy atom. The van der Waals surface area contributed by atoms with E-state index < -0.39 is 34.6 Å². The van der Waals surface area contributed by atoms with Crippen LogP contribution in [-0.2, 0) is 28.7 Å². The van der Waals surface area contributed by atoms with Gasteiger partial charge >= 0.3 is 6.18 Å². The van der Waals surface area contributed by atoms with Gasteiger partial charge in [-0.1, -0.05) is 35.9 Å². The molecule has 0 aliphatic carbocycles. The maximum atomic E-state index is 13.0. The first-order valence-corrected chi connectivity index (χ1v) is 8.79. The minimum Gasteiger partial charge on any atom is -0.368 e. The van der Waals surface area contributed by atoms with Crippen LogP contribution in [0, 0.1) is 0 Å². The number of fused-ring (bicyclic) bond motifs is 1. The zero-order valence-electron chi connectivity index (χ0n) is 14.6. The number of amides is 2. The summed E-state index contributed by atoms with van der Waals surface area (Å²) in [7, 11) is 0. The van der Waals surface area contributed by atoms with E-state index in [1.165, 1.54) is 6.07 Å². The molecule has 0 saturated heterocycles. The molecule has 0 spiro atoms. The molecule has 0 bridgehead atoms. The van der Waals surface area contributed by atoms with Crippen molar-refractivity contribution < 1.29 is 22.8 Å². The van der Waals surface area contributed by atoms with Gasteiger partial charge in [0, 0.05) is 12.2 Å². The highest BCUT2D eigenvalue weighted by Gasteiger charge is 2.34. The normalized spacial score (nSPS) is 17.1. The molecular weight excluding hydrogens is 395 g/mol. The molecule has 0 unspecified atom stereocenters. The largest absolute Gasteiger partial charge is 0.417 e. The second kappa shape index (κ2) is 7.81. The Kier molecular flexibility index (Phi) is 5.62. The first kappa shape index (κ1) is 20.2. The lowest BCUT2D eigenvalue weighted by molar-refractivity contribution is -0.137. The van der Waals surface area contributed by atoms with E-state index in [1.807, 2.05) is 24.3 Å². The van der Waals surface area contributed by atoms with Crippen LogP contribution >= 0.6 is 11.6 Å². The Hall–Kier alpha value is -2.58. The minimum atomic E-state index is -4.63. The number of nitrogens with zero attached hydrogens (tertiary/aromatic N) is 1. The quantitative estimate of drug-likeness (QED) is 0.811. The fourth-order valence-electron chi connectivity index (χ4n) is 3.23. The second-order valence-corrected chi connectivity index (χ2v) is 6.94. The minimum absolute atomic E-state index is 0.0326. The van der Waals surface area contributed by atoms with E-state index in [1.54, 1.807) is 4.90 Å². The van der Waals surface area contributed by atoms with E-state index >= 15 is 0 Å². The van der Waals surface area contributed by atoms with Crippen molar-refractivity contribution >= 4 is 29.1 Å². The van der Waals surface area contributed by atoms with Crippen LogP contribution in [0.3, 0.4) is 0 Å². The molecule has 9 heteroatoms. The molecule has 5 nitrogen and oxygen atoms in total. The lowest BCUT2D eigenvalue weighted by Crippen LogP contribution is -2.50. The number of primary amides is 1. The first-order valence-electron chi connectivity index (χ1n) is 8.42. The van der Waals surface area contributed by atoms with E-state index in [4.69, 9.17) is 17.3 Å². The van der Waals surface area contributed by atoms with Crippen molar-refractivity contribution in [3.63, 3.8) is 0 Å². The maximum absolute atomic E-state index is 13.0. The molecule has 1 atom stereocenters. The number of hydrogen-bond donors (Lipinski definition) is 2. The van der Waals surface area contributed by atoms with Crippen LogP contribution in [0.25, 0.3) is 0 Å². The predicted octanol–water partition coefficient (Wildman–Crippen LogP) is 3.21. The number of nitrogens with two attached hydrogens (primary N) is 1. The maximum Gasteiger partial charge on any atom is 0.417 e. The van der Waals surface area contributed by atoms with Crippen molar-refractivity contribution in [2.45, 2.75) is 25.2 Å².